The fourth-order valence-corrected chi connectivity index (χ4v) is 2.75. The fourth-order valence-electron chi connectivity index (χ4n) is 2.35. The smallest absolute Gasteiger partial charge is 0.333 e. The number of rotatable bonds is 4. The van der Waals surface area contributed by atoms with Gasteiger partial charge in [0.15, 0.2) is 5.54 Å². The van der Waals surface area contributed by atoms with Crippen molar-refractivity contribution in [2.24, 2.45) is 0 Å². The Balaban J connectivity index is 1.99. The molecular formula is C16H13BrN4O3. The summed E-state index contributed by atoms with van der Waals surface area (Å²) in [4.78, 5) is 28.4. The maximum Gasteiger partial charge on any atom is 0.333 e. The second kappa shape index (κ2) is 6.04. The van der Waals surface area contributed by atoms with Crippen LogP contribution < -0.4 is 5.32 Å². The van der Waals surface area contributed by atoms with E-state index < -0.39 is 17.4 Å². The van der Waals surface area contributed by atoms with Crippen molar-refractivity contribution in [2.75, 3.05) is 0 Å². The minimum absolute atomic E-state index is 0.255. The zero-order valence-electron chi connectivity index (χ0n) is 12.6. The van der Waals surface area contributed by atoms with E-state index in [1.807, 2.05) is 0 Å². The Bertz CT molecular complexity index is 940. The third kappa shape index (κ3) is 2.76. The van der Waals surface area contributed by atoms with Crippen molar-refractivity contribution >= 4 is 33.3 Å². The normalized spacial score (nSPS) is 13.4. The van der Waals surface area contributed by atoms with E-state index in [1.54, 1.807) is 36.7 Å². The van der Waals surface area contributed by atoms with Gasteiger partial charge in [-0.2, -0.15) is 5.10 Å². The van der Waals surface area contributed by atoms with Crippen molar-refractivity contribution in [3.8, 4) is 0 Å². The largest absolute Gasteiger partial charge is 0.479 e. The summed E-state index contributed by atoms with van der Waals surface area (Å²) in [5.74, 6) is -1.70. The average Bonchev–Trinajstić information content (AvgIpc) is 2.98. The highest BCUT2D eigenvalue weighted by atomic mass is 79.9. The number of hydrogen-bond acceptors (Lipinski definition) is 4. The van der Waals surface area contributed by atoms with Crippen LogP contribution in [0, 0.1) is 0 Å². The Morgan fingerprint density at radius 1 is 1.33 bits per heavy atom. The molecule has 2 N–H and O–H groups in total. The molecule has 0 spiro atoms. The van der Waals surface area contributed by atoms with Gasteiger partial charge in [-0.15, -0.1) is 0 Å². The first-order chi connectivity index (χ1) is 11.4. The lowest BCUT2D eigenvalue weighted by Gasteiger charge is -2.26. The molecular weight excluding hydrogens is 376 g/mol. The van der Waals surface area contributed by atoms with E-state index in [0.717, 1.165) is 4.47 Å². The number of carbonyl (C=O) groups is 2. The van der Waals surface area contributed by atoms with E-state index in [1.165, 1.54) is 23.8 Å². The van der Waals surface area contributed by atoms with Crippen LogP contribution in [-0.2, 0) is 10.3 Å². The van der Waals surface area contributed by atoms with Crippen LogP contribution in [0.15, 0.2) is 53.5 Å². The van der Waals surface area contributed by atoms with E-state index in [4.69, 9.17) is 0 Å². The number of carbonyl (C=O) groups excluding carboxylic acids is 1. The molecule has 0 radical (unpaired) electrons. The Kier molecular flexibility index (Phi) is 4.06. The standard InChI is InChI=1S/C16H13BrN4O3/c1-16(15(23)24,10-3-2-4-11(17)7-10)20-14(22)12-8-19-21-6-5-18-9-13(12)21/h2-9H,1H3,(H,20,22)(H,23,24). The van der Waals surface area contributed by atoms with Crippen LogP contribution in [0.4, 0.5) is 0 Å². The average molecular weight is 389 g/mol. The van der Waals surface area contributed by atoms with Crippen molar-refractivity contribution < 1.29 is 14.7 Å². The number of nitrogens with zero attached hydrogens (tertiary/aromatic N) is 3. The van der Waals surface area contributed by atoms with Gasteiger partial charge in [-0.3, -0.25) is 9.78 Å². The molecule has 2 aromatic heterocycles. The lowest BCUT2D eigenvalue weighted by molar-refractivity contribution is -0.144. The Labute approximate surface area is 145 Å². The van der Waals surface area contributed by atoms with Gasteiger partial charge in [0, 0.05) is 16.9 Å². The number of hydrogen-bond donors (Lipinski definition) is 2. The molecule has 1 atom stereocenters. The zero-order chi connectivity index (χ0) is 17.3. The zero-order valence-corrected chi connectivity index (χ0v) is 14.2. The van der Waals surface area contributed by atoms with Gasteiger partial charge in [-0.05, 0) is 24.6 Å². The number of carboxylic acids is 1. The summed E-state index contributed by atoms with van der Waals surface area (Å²) in [6.07, 6.45) is 6.04. The summed E-state index contributed by atoms with van der Waals surface area (Å²) >= 11 is 3.31. The van der Waals surface area contributed by atoms with Crippen molar-refractivity contribution in [3.63, 3.8) is 0 Å². The summed E-state index contributed by atoms with van der Waals surface area (Å²) in [5, 5.41) is 16.3. The van der Waals surface area contributed by atoms with Gasteiger partial charge in [0.25, 0.3) is 5.91 Å². The predicted octanol–water partition coefficient (Wildman–Crippen LogP) is 2.22. The summed E-state index contributed by atoms with van der Waals surface area (Å²) in [7, 11) is 0. The van der Waals surface area contributed by atoms with Gasteiger partial charge >= 0.3 is 5.97 Å². The highest BCUT2D eigenvalue weighted by Gasteiger charge is 2.37. The molecule has 0 aliphatic carbocycles. The van der Waals surface area contributed by atoms with Crippen molar-refractivity contribution in [3.05, 3.63) is 64.7 Å². The minimum atomic E-state index is -1.59. The molecule has 7 nitrogen and oxygen atoms in total. The number of aromatic nitrogens is 3. The molecule has 1 amide bonds. The van der Waals surface area contributed by atoms with Crippen LogP contribution in [0.2, 0.25) is 0 Å². The van der Waals surface area contributed by atoms with Gasteiger partial charge in [0.2, 0.25) is 0 Å². The number of amides is 1. The van der Waals surface area contributed by atoms with E-state index in [-0.39, 0.29) is 5.56 Å². The third-order valence-electron chi connectivity index (χ3n) is 3.76. The Morgan fingerprint density at radius 3 is 2.83 bits per heavy atom. The van der Waals surface area contributed by atoms with E-state index >= 15 is 0 Å². The summed E-state index contributed by atoms with van der Waals surface area (Å²) in [5.41, 5.74) is -0.382. The molecule has 1 aromatic carbocycles. The van der Waals surface area contributed by atoms with Gasteiger partial charge in [-0.1, -0.05) is 28.1 Å². The first-order valence-electron chi connectivity index (χ1n) is 7.01. The first kappa shape index (κ1) is 16.1. The predicted molar refractivity (Wildman–Crippen MR) is 89.6 cm³/mol. The van der Waals surface area contributed by atoms with Gasteiger partial charge in [-0.25, -0.2) is 9.31 Å². The molecule has 0 aliphatic heterocycles. The molecule has 2 heterocycles. The molecule has 0 saturated heterocycles. The molecule has 0 aliphatic rings. The molecule has 3 aromatic rings. The SMILES string of the molecule is CC(NC(=O)c1cnn2ccncc12)(C(=O)O)c1cccc(Br)c1. The molecule has 122 valence electrons. The summed E-state index contributed by atoms with van der Waals surface area (Å²) in [6.45, 7) is 1.44. The second-order valence-electron chi connectivity index (χ2n) is 5.36. The number of carboxylic acid groups (broad SMARTS) is 1. The lowest BCUT2D eigenvalue weighted by atomic mass is 9.91. The van der Waals surface area contributed by atoms with Crippen molar-refractivity contribution in [1.82, 2.24) is 19.9 Å². The molecule has 24 heavy (non-hydrogen) atoms. The third-order valence-corrected chi connectivity index (χ3v) is 4.26. The van der Waals surface area contributed by atoms with Crippen LogP contribution in [0.25, 0.3) is 5.52 Å². The second-order valence-corrected chi connectivity index (χ2v) is 6.27. The first-order valence-corrected chi connectivity index (χ1v) is 7.80. The molecule has 8 heteroatoms. The van der Waals surface area contributed by atoms with E-state index in [0.29, 0.717) is 11.1 Å². The van der Waals surface area contributed by atoms with Crippen LogP contribution in [0.5, 0.6) is 0 Å². The maximum absolute atomic E-state index is 12.6. The topological polar surface area (TPSA) is 96.6 Å². The number of nitrogens with one attached hydrogen (secondary N) is 1. The minimum Gasteiger partial charge on any atom is -0.479 e. The van der Waals surface area contributed by atoms with Crippen molar-refractivity contribution in [1.29, 1.82) is 0 Å². The molecule has 0 fully saturated rings. The lowest BCUT2D eigenvalue weighted by Crippen LogP contribution is -2.49. The number of benzene rings is 1. The van der Waals surface area contributed by atoms with Crippen LogP contribution in [0.1, 0.15) is 22.8 Å². The van der Waals surface area contributed by atoms with Crippen LogP contribution in [-0.4, -0.2) is 31.6 Å². The molecule has 0 saturated carbocycles. The van der Waals surface area contributed by atoms with Crippen LogP contribution in [0.3, 0.4) is 0 Å². The van der Waals surface area contributed by atoms with E-state index in [9.17, 15) is 14.7 Å². The Morgan fingerprint density at radius 2 is 2.12 bits per heavy atom. The number of aliphatic carboxylic acids is 1. The van der Waals surface area contributed by atoms with Gasteiger partial charge in [0.05, 0.1) is 23.5 Å². The summed E-state index contributed by atoms with van der Waals surface area (Å²) in [6, 6.07) is 6.80. The number of fused-ring (bicyclic) bond motifs is 1. The maximum atomic E-state index is 12.6. The summed E-state index contributed by atoms with van der Waals surface area (Å²) < 4.78 is 2.22. The monoisotopic (exact) mass is 388 g/mol. The molecule has 3 rings (SSSR count). The fraction of sp³-hybridized carbons (Fsp3) is 0.125. The number of halogens is 1. The highest BCUT2D eigenvalue weighted by Crippen LogP contribution is 2.25. The highest BCUT2D eigenvalue weighted by molar-refractivity contribution is 9.10. The Hall–Kier alpha value is -2.74. The molecule has 0 bridgehead atoms. The van der Waals surface area contributed by atoms with E-state index in [2.05, 4.69) is 31.3 Å². The van der Waals surface area contributed by atoms with Crippen molar-refractivity contribution in [2.45, 2.75) is 12.5 Å². The van der Waals surface area contributed by atoms with Gasteiger partial charge < -0.3 is 10.4 Å². The molecule has 1 unspecified atom stereocenters. The quantitative estimate of drug-likeness (QED) is 0.714. The van der Waals surface area contributed by atoms with Gasteiger partial charge in [0.1, 0.15) is 0 Å². The van der Waals surface area contributed by atoms with Crippen LogP contribution >= 0.6 is 15.9 Å².